The zero-order chi connectivity index (χ0) is 18.5. The van der Waals surface area contributed by atoms with E-state index in [1.807, 2.05) is 55.1 Å². The Morgan fingerprint density at radius 1 is 1.08 bits per heavy atom. The van der Waals surface area contributed by atoms with Crippen LogP contribution in [-0.2, 0) is 4.79 Å². The van der Waals surface area contributed by atoms with Crippen molar-refractivity contribution in [2.24, 2.45) is 0 Å². The Morgan fingerprint density at radius 3 is 2.46 bits per heavy atom. The quantitative estimate of drug-likeness (QED) is 0.823. The van der Waals surface area contributed by atoms with Gasteiger partial charge < -0.3 is 9.80 Å². The van der Waals surface area contributed by atoms with Crippen molar-refractivity contribution in [3.63, 3.8) is 0 Å². The van der Waals surface area contributed by atoms with Gasteiger partial charge in [-0.25, -0.2) is 4.39 Å². The molecule has 0 N–H and O–H groups in total. The highest BCUT2D eigenvalue weighted by molar-refractivity contribution is 5.94. The van der Waals surface area contributed by atoms with Crippen molar-refractivity contribution in [3.05, 3.63) is 59.9 Å². The van der Waals surface area contributed by atoms with Gasteiger partial charge in [0, 0.05) is 38.4 Å². The number of piperazine rings is 1. The maximum atomic E-state index is 13.9. The second kappa shape index (κ2) is 8.32. The van der Waals surface area contributed by atoms with Crippen LogP contribution in [0.2, 0.25) is 0 Å². The average Bonchev–Trinajstić information content (AvgIpc) is 2.64. The lowest BCUT2D eigenvalue weighted by molar-refractivity contribution is -0.119. The molecule has 1 aliphatic heterocycles. The summed E-state index contributed by atoms with van der Waals surface area (Å²) in [6.07, 6.45) is 0. The molecule has 1 aliphatic rings. The van der Waals surface area contributed by atoms with Gasteiger partial charge in [-0.3, -0.25) is 9.69 Å². The number of hydrogen-bond acceptors (Lipinski definition) is 3. The first-order valence-corrected chi connectivity index (χ1v) is 9.17. The van der Waals surface area contributed by atoms with Crippen molar-refractivity contribution in [1.29, 1.82) is 0 Å². The number of amides is 1. The smallest absolute Gasteiger partial charge is 0.241 e. The number of carbonyl (C=O) groups is 1. The Balaban J connectivity index is 1.58. The van der Waals surface area contributed by atoms with Crippen molar-refractivity contribution >= 4 is 17.3 Å². The van der Waals surface area contributed by atoms with Crippen LogP contribution >= 0.6 is 0 Å². The Hall–Kier alpha value is -2.40. The lowest BCUT2D eigenvalue weighted by Gasteiger charge is -2.36. The molecule has 0 bridgehead atoms. The zero-order valence-electron chi connectivity index (χ0n) is 15.5. The number of para-hydroxylation sites is 1. The van der Waals surface area contributed by atoms with E-state index < -0.39 is 0 Å². The second-order valence-electron chi connectivity index (χ2n) is 6.69. The minimum atomic E-state index is -0.186. The molecule has 0 aromatic heterocycles. The van der Waals surface area contributed by atoms with E-state index in [1.165, 1.54) is 6.07 Å². The van der Waals surface area contributed by atoms with Gasteiger partial charge in [0.2, 0.25) is 5.91 Å². The van der Waals surface area contributed by atoms with E-state index in [4.69, 9.17) is 0 Å². The minimum absolute atomic E-state index is 0.109. The van der Waals surface area contributed by atoms with Gasteiger partial charge in [-0.2, -0.15) is 0 Å². The molecule has 2 aromatic rings. The number of aryl methyl sites for hydroxylation is 1. The molecule has 0 radical (unpaired) electrons. The van der Waals surface area contributed by atoms with Crippen LogP contribution in [0.3, 0.4) is 0 Å². The molecule has 1 saturated heterocycles. The van der Waals surface area contributed by atoms with Crippen molar-refractivity contribution < 1.29 is 9.18 Å². The first kappa shape index (κ1) is 18.4. The molecule has 0 aliphatic carbocycles. The van der Waals surface area contributed by atoms with E-state index in [0.29, 0.717) is 18.8 Å². The Bertz CT molecular complexity index is 756. The van der Waals surface area contributed by atoms with E-state index >= 15 is 0 Å². The third-order valence-electron chi connectivity index (χ3n) is 4.85. The van der Waals surface area contributed by atoms with Crippen LogP contribution in [0.15, 0.2) is 48.5 Å². The maximum Gasteiger partial charge on any atom is 0.241 e. The Morgan fingerprint density at radius 2 is 1.81 bits per heavy atom. The number of carbonyl (C=O) groups excluding carboxylic acids is 1. The van der Waals surface area contributed by atoms with Crippen LogP contribution < -0.4 is 9.80 Å². The number of hydrogen-bond donors (Lipinski definition) is 0. The summed E-state index contributed by atoms with van der Waals surface area (Å²) in [4.78, 5) is 18.8. The number of halogens is 1. The molecule has 3 rings (SSSR count). The van der Waals surface area contributed by atoms with Crippen molar-refractivity contribution in [2.75, 3.05) is 49.1 Å². The minimum Gasteiger partial charge on any atom is -0.367 e. The van der Waals surface area contributed by atoms with Gasteiger partial charge in [0.1, 0.15) is 5.82 Å². The highest BCUT2D eigenvalue weighted by Crippen LogP contribution is 2.21. The number of likely N-dealkylation sites (N-methyl/N-ethyl adjacent to an activating group) is 1. The third kappa shape index (κ3) is 4.22. The summed E-state index contributed by atoms with van der Waals surface area (Å²) in [6, 6.07) is 14.9. The molecule has 2 aromatic carbocycles. The first-order valence-electron chi connectivity index (χ1n) is 9.17. The topological polar surface area (TPSA) is 26.8 Å². The highest BCUT2D eigenvalue weighted by Gasteiger charge is 2.23. The van der Waals surface area contributed by atoms with E-state index in [0.717, 1.165) is 37.4 Å². The number of anilines is 2. The molecule has 1 fully saturated rings. The monoisotopic (exact) mass is 355 g/mol. The number of rotatable bonds is 5. The van der Waals surface area contributed by atoms with Crippen molar-refractivity contribution in [2.45, 2.75) is 13.8 Å². The molecule has 138 valence electrons. The predicted octanol–water partition coefficient (Wildman–Crippen LogP) is 3.31. The Kier molecular flexibility index (Phi) is 5.89. The summed E-state index contributed by atoms with van der Waals surface area (Å²) in [5.41, 5.74) is 2.74. The fourth-order valence-corrected chi connectivity index (χ4v) is 3.43. The van der Waals surface area contributed by atoms with E-state index in [2.05, 4.69) is 9.80 Å². The summed E-state index contributed by atoms with van der Waals surface area (Å²) in [5.74, 6) is -0.0777. The van der Waals surface area contributed by atoms with E-state index in [9.17, 15) is 9.18 Å². The van der Waals surface area contributed by atoms with Gasteiger partial charge in [0.15, 0.2) is 0 Å². The summed E-state index contributed by atoms with van der Waals surface area (Å²) >= 11 is 0. The van der Waals surface area contributed by atoms with E-state index in [-0.39, 0.29) is 11.7 Å². The standard InChI is InChI=1S/C21H26FN3O/c1-3-25(18-8-6-7-17(2)15-18)21(26)16-23-11-13-24(14-12-23)20-10-5-4-9-19(20)22/h4-10,15H,3,11-14,16H2,1-2H3. The SMILES string of the molecule is CCN(C(=O)CN1CCN(c2ccccc2F)CC1)c1cccc(C)c1. The number of nitrogens with zero attached hydrogens (tertiary/aromatic N) is 3. The molecule has 0 saturated carbocycles. The van der Waals surface area contributed by atoms with Crippen molar-refractivity contribution in [3.8, 4) is 0 Å². The van der Waals surface area contributed by atoms with Crippen LogP contribution in [-0.4, -0.2) is 50.1 Å². The number of benzene rings is 2. The van der Waals surface area contributed by atoms with Crippen molar-refractivity contribution in [1.82, 2.24) is 4.90 Å². The first-order chi connectivity index (χ1) is 12.6. The van der Waals surface area contributed by atoms with Gasteiger partial charge >= 0.3 is 0 Å². The lowest BCUT2D eigenvalue weighted by atomic mass is 10.2. The average molecular weight is 355 g/mol. The second-order valence-corrected chi connectivity index (χ2v) is 6.69. The molecule has 1 amide bonds. The molecule has 0 unspecified atom stereocenters. The molecule has 5 heteroatoms. The zero-order valence-corrected chi connectivity index (χ0v) is 15.5. The van der Waals surface area contributed by atoms with Gasteiger partial charge in [0.25, 0.3) is 0 Å². The van der Waals surface area contributed by atoms with E-state index in [1.54, 1.807) is 6.07 Å². The summed E-state index contributed by atoms with van der Waals surface area (Å²) in [6.45, 7) is 8.04. The summed E-state index contributed by atoms with van der Waals surface area (Å²) in [5, 5.41) is 0. The van der Waals surface area contributed by atoms with Gasteiger partial charge in [-0.1, -0.05) is 24.3 Å². The molecule has 26 heavy (non-hydrogen) atoms. The molecular weight excluding hydrogens is 329 g/mol. The van der Waals surface area contributed by atoms with Crippen LogP contribution in [0, 0.1) is 12.7 Å². The Labute approximate surface area is 154 Å². The molecule has 4 nitrogen and oxygen atoms in total. The van der Waals surface area contributed by atoms with Gasteiger partial charge in [-0.15, -0.1) is 0 Å². The fourth-order valence-electron chi connectivity index (χ4n) is 3.43. The van der Waals surface area contributed by atoms with Gasteiger partial charge in [-0.05, 0) is 43.7 Å². The molecular formula is C21H26FN3O. The van der Waals surface area contributed by atoms with Crippen LogP contribution in [0.1, 0.15) is 12.5 Å². The summed E-state index contributed by atoms with van der Waals surface area (Å²) in [7, 11) is 0. The van der Waals surface area contributed by atoms with Crippen LogP contribution in [0.5, 0.6) is 0 Å². The van der Waals surface area contributed by atoms with Crippen LogP contribution in [0.25, 0.3) is 0 Å². The van der Waals surface area contributed by atoms with Gasteiger partial charge in [0.05, 0.1) is 12.2 Å². The predicted molar refractivity (Wildman–Crippen MR) is 104 cm³/mol. The molecule has 0 atom stereocenters. The normalized spacial score (nSPS) is 15.1. The molecule has 1 heterocycles. The van der Waals surface area contributed by atoms with Crippen LogP contribution in [0.4, 0.5) is 15.8 Å². The maximum absolute atomic E-state index is 13.9. The third-order valence-corrected chi connectivity index (χ3v) is 4.85. The largest absolute Gasteiger partial charge is 0.367 e. The lowest BCUT2D eigenvalue weighted by Crippen LogP contribution is -2.50. The summed E-state index contributed by atoms with van der Waals surface area (Å²) < 4.78 is 13.9. The molecule has 0 spiro atoms. The fraction of sp³-hybridized carbons (Fsp3) is 0.381. The highest BCUT2D eigenvalue weighted by atomic mass is 19.1.